The van der Waals surface area contributed by atoms with E-state index in [0.29, 0.717) is 22.7 Å². The fourth-order valence-corrected chi connectivity index (χ4v) is 3.51. The number of ether oxygens (including phenoxy) is 1. The van der Waals surface area contributed by atoms with Crippen molar-refractivity contribution in [2.75, 3.05) is 38.0 Å². The van der Waals surface area contributed by atoms with Crippen LogP contribution in [0.25, 0.3) is 0 Å². The summed E-state index contributed by atoms with van der Waals surface area (Å²) < 4.78 is 45.6. The number of halogens is 4. The maximum absolute atomic E-state index is 13.2. The molecular weight excluding hydrogens is 497 g/mol. The number of rotatable bonds is 5. The van der Waals surface area contributed by atoms with Gasteiger partial charge in [-0.3, -0.25) is 19.6 Å². The second-order valence-corrected chi connectivity index (χ2v) is 8.60. The van der Waals surface area contributed by atoms with Crippen molar-refractivity contribution in [2.45, 2.75) is 13.1 Å². The SMILES string of the molecule is Cc1cc(N(C)C(=O)N(C)c2ccc(Cl)c(C(F)(F)F)c2)ccc1Oc1ccnc(C(=O)N(C)C)c1. The molecule has 11 heteroatoms. The first-order valence-corrected chi connectivity index (χ1v) is 11.0. The van der Waals surface area contributed by atoms with E-state index in [-0.39, 0.29) is 17.3 Å². The molecule has 0 saturated heterocycles. The molecule has 3 amide bonds. The largest absolute Gasteiger partial charge is 0.457 e. The van der Waals surface area contributed by atoms with Gasteiger partial charge in [0.25, 0.3) is 5.91 Å². The van der Waals surface area contributed by atoms with E-state index in [1.165, 1.54) is 42.2 Å². The number of anilines is 2. The first-order chi connectivity index (χ1) is 16.8. The zero-order valence-electron chi connectivity index (χ0n) is 20.2. The normalized spacial score (nSPS) is 11.1. The molecule has 0 bridgehead atoms. The van der Waals surface area contributed by atoms with Crippen LogP contribution in [-0.2, 0) is 6.18 Å². The Balaban J connectivity index is 1.79. The molecule has 0 aliphatic heterocycles. The molecular formula is C25H24ClF3N4O3. The van der Waals surface area contributed by atoms with Gasteiger partial charge in [0.05, 0.1) is 10.6 Å². The van der Waals surface area contributed by atoms with Crippen LogP contribution in [0.15, 0.2) is 54.7 Å². The zero-order valence-corrected chi connectivity index (χ0v) is 21.0. The van der Waals surface area contributed by atoms with Crippen LogP contribution >= 0.6 is 11.6 Å². The average molecular weight is 521 g/mol. The predicted molar refractivity (Wildman–Crippen MR) is 132 cm³/mol. The molecule has 7 nitrogen and oxygen atoms in total. The molecule has 190 valence electrons. The van der Waals surface area contributed by atoms with Crippen LogP contribution in [0.3, 0.4) is 0 Å². The van der Waals surface area contributed by atoms with Crippen LogP contribution in [0, 0.1) is 6.92 Å². The summed E-state index contributed by atoms with van der Waals surface area (Å²) in [7, 11) is 6.13. The minimum absolute atomic E-state index is 0.0426. The average Bonchev–Trinajstić information content (AvgIpc) is 2.83. The number of alkyl halides is 3. The maximum atomic E-state index is 13.2. The van der Waals surface area contributed by atoms with Gasteiger partial charge in [-0.25, -0.2) is 4.79 Å². The molecule has 0 aliphatic carbocycles. The van der Waals surface area contributed by atoms with E-state index in [1.807, 2.05) is 0 Å². The van der Waals surface area contributed by atoms with Crippen molar-refractivity contribution < 1.29 is 27.5 Å². The van der Waals surface area contributed by atoms with E-state index in [4.69, 9.17) is 16.3 Å². The maximum Gasteiger partial charge on any atom is 0.417 e. The van der Waals surface area contributed by atoms with Gasteiger partial charge in [-0.2, -0.15) is 13.2 Å². The Morgan fingerprint density at radius 3 is 2.11 bits per heavy atom. The quantitative estimate of drug-likeness (QED) is 0.399. The van der Waals surface area contributed by atoms with E-state index in [2.05, 4.69) is 4.98 Å². The number of carbonyl (C=O) groups excluding carboxylic acids is 2. The molecule has 0 radical (unpaired) electrons. The summed E-state index contributed by atoms with van der Waals surface area (Å²) in [6.45, 7) is 1.78. The lowest BCUT2D eigenvalue weighted by molar-refractivity contribution is -0.137. The summed E-state index contributed by atoms with van der Waals surface area (Å²) in [6, 6.07) is 10.9. The van der Waals surface area contributed by atoms with Gasteiger partial charge in [-0.05, 0) is 55.0 Å². The minimum atomic E-state index is -4.65. The summed E-state index contributed by atoms with van der Waals surface area (Å²) in [5.74, 6) is 0.646. The number of benzene rings is 2. The number of hydrogen-bond donors (Lipinski definition) is 0. The van der Waals surface area contributed by atoms with Gasteiger partial charge in [0.15, 0.2) is 0 Å². The van der Waals surface area contributed by atoms with E-state index in [9.17, 15) is 22.8 Å². The summed E-state index contributed by atoms with van der Waals surface area (Å²) >= 11 is 5.68. The predicted octanol–water partition coefficient (Wildman–Crippen LogP) is 6.25. The first-order valence-electron chi connectivity index (χ1n) is 10.6. The fourth-order valence-electron chi connectivity index (χ4n) is 3.29. The Hall–Kier alpha value is -3.79. The number of aryl methyl sites for hydroxylation is 1. The van der Waals surface area contributed by atoms with Crippen LogP contribution in [0.2, 0.25) is 5.02 Å². The van der Waals surface area contributed by atoms with E-state index < -0.39 is 22.8 Å². The number of pyridine rings is 1. The number of aromatic nitrogens is 1. The van der Waals surface area contributed by atoms with Crippen molar-refractivity contribution >= 4 is 34.9 Å². The van der Waals surface area contributed by atoms with Crippen LogP contribution in [-0.4, -0.2) is 50.0 Å². The molecule has 3 rings (SSSR count). The van der Waals surface area contributed by atoms with Crippen molar-refractivity contribution in [1.82, 2.24) is 9.88 Å². The van der Waals surface area contributed by atoms with Crippen LogP contribution < -0.4 is 14.5 Å². The number of urea groups is 1. The molecule has 1 aromatic heterocycles. The Kier molecular flexibility index (Phi) is 7.78. The van der Waals surface area contributed by atoms with Crippen LogP contribution in [0.1, 0.15) is 21.6 Å². The third kappa shape index (κ3) is 5.88. The number of hydrogen-bond acceptors (Lipinski definition) is 4. The summed E-state index contributed by atoms with van der Waals surface area (Å²) in [4.78, 5) is 33.0. The second kappa shape index (κ2) is 10.4. The monoisotopic (exact) mass is 520 g/mol. The van der Waals surface area contributed by atoms with Crippen molar-refractivity contribution in [1.29, 1.82) is 0 Å². The molecule has 36 heavy (non-hydrogen) atoms. The Labute approximate surface area is 211 Å². The van der Waals surface area contributed by atoms with Crippen molar-refractivity contribution in [3.63, 3.8) is 0 Å². The Bertz CT molecular complexity index is 1300. The molecule has 0 spiro atoms. The van der Waals surface area contributed by atoms with E-state index in [1.54, 1.807) is 45.3 Å². The minimum Gasteiger partial charge on any atom is -0.457 e. The Morgan fingerprint density at radius 1 is 0.917 bits per heavy atom. The van der Waals surface area contributed by atoms with Gasteiger partial charge in [0, 0.05) is 51.8 Å². The van der Waals surface area contributed by atoms with Crippen molar-refractivity contribution in [2.24, 2.45) is 0 Å². The van der Waals surface area contributed by atoms with Gasteiger partial charge in [-0.15, -0.1) is 0 Å². The Morgan fingerprint density at radius 2 is 1.53 bits per heavy atom. The summed E-state index contributed by atoms with van der Waals surface area (Å²) in [5, 5.41) is -0.445. The highest BCUT2D eigenvalue weighted by Crippen LogP contribution is 2.37. The third-order valence-corrected chi connectivity index (χ3v) is 5.68. The molecule has 0 saturated carbocycles. The molecule has 2 aromatic carbocycles. The summed E-state index contributed by atoms with van der Waals surface area (Å²) in [6.07, 6.45) is -3.18. The molecule has 0 aliphatic rings. The highest BCUT2D eigenvalue weighted by molar-refractivity contribution is 6.31. The molecule has 0 unspecified atom stereocenters. The van der Waals surface area contributed by atoms with Gasteiger partial charge >= 0.3 is 12.2 Å². The van der Waals surface area contributed by atoms with E-state index >= 15 is 0 Å². The summed E-state index contributed by atoms with van der Waals surface area (Å²) in [5.41, 5.74) is 0.447. The lowest BCUT2D eigenvalue weighted by atomic mass is 10.1. The van der Waals surface area contributed by atoms with Crippen molar-refractivity contribution in [3.8, 4) is 11.5 Å². The molecule has 1 heterocycles. The van der Waals surface area contributed by atoms with Gasteiger partial charge in [0.2, 0.25) is 0 Å². The molecule has 0 fully saturated rings. The van der Waals surface area contributed by atoms with Crippen LogP contribution in [0.4, 0.5) is 29.3 Å². The smallest absolute Gasteiger partial charge is 0.417 e. The fraction of sp³-hybridized carbons (Fsp3) is 0.240. The van der Waals surface area contributed by atoms with Gasteiger partial charge in [-0.1, -0.05) is 11.6 Å². The highest BCUT2D eigenvalue weighted by Gasteiger charge is 2.34. The number of nitrogens with zero attached hydrogens (tertiary/aromatic N) is 4. The second-order valence-electron chi connectivity index (χ2n) is 8.19. The van der Waals surface area contributed by atoms with Crippen molar-refractivity contribution in [3.05, 3.63) is 76.6 Å². The third-order valence-electron chi connectivity index (χ3n) is 5.35. The molecule has 3 aromatic rings. The standard InChI is InChI=1S/C25H24ClF3N4O3/c1-15-12-16(7-9-22(15)36-18-10-11-30-21(14-18)23(34)31(2)3)32(4)24(35)33(5)17-6-8-20(26)19(13-17)25(27,28)29/h6-14H,1-5H3. The lowest BCUT2D eigenvalue weighted by Crippen LogP contribution is -2.39. The molecule has 0 N–H and O–H groups in total. The zero-order chi connectivity index (χ0) is 26.8. The molecule has 0 atom stereocenters. The van der Waals surface area contributed by atoms with Gasteiger partial charge < -0.3 is 9.64 Å². The number of amides is 3. The van der Waals surface area contributed by atoms with E-state index in [0.717, 1.165) is 17.0 Å². The van der Waals surface area contributed by atoms with Gasteiger partial charge in [0.1, 0.15) is 17.2 Å². The van der Waals surface area contributed by atoms with Crippen LogP contribution in [0.5, 0.6) is 11.5 Å². The first kappa shape index (κ1) is 26.8. The number of carbonyl (C=O) groups is 2. The topological polar surface area (TPSA) is 66.0 Å². The highest BCUT2D eigenvalue weighted by atomic mass is 35.5. The lowest BCUT2D eigenvalue weighted by Gasteiger charge is -2.26.